The van der Waals surface area contributed by atoms with Gasteiger partial charge in [-0.25, -0.2) is 4.98 Å². The van der Waals surface area contributed by atoms with Gasteiger partial charge in [0.2, 0.25) is 0 Å². The fourth-order valence-electron chi connectivity index (χ4n) is 6.33. The Morgan fingerprint density at radius 1 is 0.756 bits per heavy atom. The quantitative estimate of drug-likeness (QED) is 0.196. The first-order chi connectivity index (χ1) is 22.6. The van der Waals surface area contributed by atoms with E-state index in [1.54, 1.807) is 36.5 Å². The molecule has 4 aromatic carbocycles. The molecule has 7 rings (SSSR count). The van der Waals surface area contributed by atoms with E-state index in [0.29, 0.717) is 28.4 Å². The summed E-state index contributed by atoms with van der Waals surface area (Å²) in [5.41, 5.74) is 4.70. The number of hydrogen-bond donors (Lipinski definition) is 0. The first-order valence-corrected chi connectivity index (χ1v) is 15.3. The van der Waals surface area contributed by atoms with Crippen LogP contribution in [0.1, 0.15) is 66.9 Å². The van der Waals surface area contributed by atoms with Gasteiger partial charge >= 0.3 is 0 Å². The lowest BCUT2D eigenvalue weighted by Crippen LogP contribution is -2.25. The third-order valence-corrected chi connectivity index (χ3v) is 8.90. The lowest BCUT2D eigenvalue weighted by atomic mass is 9.88. The van der Waals surface area contributed by atoms with Crippen LogP contribution in [0, 0.1) is 0 Å². The van der Waals surface area contributed by atoms with E-state index in [-0.39, 0.29) is 29.1 Å². The van der Waals surface area contributed by atoms with Crippen molar-refractivity contribution < 1.29 is 12.9 Å². The highest BCUT2D eigenvalue weighted by atomic mass is 19.3. The van der Waals surface area contributed by atoms with E-state index in [1.165, 1.54) is 17.0 Å². The van der Waals surface area contributed by atoms with E-state index in [9.17, 15) is 0 Å². The predicted octanol–water partition coefficient (Wildman–Crippen LogP) is 10.3. The van der Waals surface area contributed by atoms with Crippen LogP contribution in [0.15, 0.2) is 103 Å². The van der Waals surface area contributed by atoms with Crippen molar-refractivity contribution in [2.45, 2.75) is 51.9 Å². The molecule has 0 radical (unpaired) electrons. The lowest BCUT2D eigenvalue weighted by Gasteiger charge is -2.25. The molecule has 6 heteroatoms. The first-order valence-electron chi connectivity index (χ1n) is 16.8. The SMILES string of the molecule is [2H]C([2H])([2H])N1CN(c2cc(C(C)C)cc(C(F)(F)c3ccc4c5ccccc5n(-c5cc(C(C)(C)C)ccn5)c4c3)c2)c2ccccc21. The number of halogens is 2. The van der Waals surface area contributed by atoms with Crippen LogP contribution in [0.4, 0.5) is 25.8 Å². The molecule has 1 aliphatic rings. The number of nitrogens with zero attached hydrogens (tertiary/aromatic N) is 4. The Morgan fingerprint density at radius 3 is 2.24 bits per heavy atom. The van der Waals surface area contributed by atoms with Crippen molar-refractivity contribution in [3.8, 4) is 5.82 Å². The minimum absolute atomic E-state index is 0.0229. The molecule has 0 saturated heterocycles. The Kier molecular flexibility index (Phi) is 5.94. The summed E-state index contributed by atoms with van der Waals surface area (Å²) >= 11 is 0. The van der Waals surface area contributed by atoms with Crippen molar-refractivity contribution in [1.29, 1.82) is 0 Å². The van der Waals surface area contributed by atoms with Crippen LogP contribution >= 0.6 is 0 Å². The molecule has 0 spiro atoms. The number of benzene rings is 4. The molecule has 0 saturated carbocycles. The Balaban J connectivity index is 1.39. The standard InChI is InChI=1S/C39H38F2N4/c1-25(2)26-19-29(21-30(20-26)44-24-43(6)34-13-9-10-14-35(34)44)39(40,41)28-15-16-32-31-11-7-8-12-33(31)45(36(32)22-28)37-23-27(17-18-42-37)38(3,4)5/h7-23,25H,24H2,1-6H3/i6D3. The van der Waals surface area contributed by atoms with Crippen molar-refractivity contribution >= 4 is 38.9 Å². The Labute approximate surface area is 267 Å². The van der Waals surface area contributed by atoms with Crippen LogP contribution in [0.3, 0.4) is 0 Å². The summed E-state index contributed by atoms with van der Waals surface area (Å²) in [4.78, 5) is 7.84. The van der Waals surface area contributed by atoms with E-state index < -0.39 is 12.9 Å². The molecule has 6 aromatic rings. The number of pyridine rings is 1. The van der Waals surface area contributed by atoms with E-state index in [2.05, 4.69) is 20.8 Å². The zero-order valence-corrected chi connectivity index (χ0v) is 26.1. The second kappa shape index (κ2) is 10.4. The molecule has 1 aliphatic heterocycles. The smallest absolute Gasteiger partial charge is 0.298 e. The van der Waals surface area contributed by atoms with Gasteiger partial charge in [-0.05, 0) is 77.1 Å². The molecular formula is C39H38F2N4. The van der Waals surface area contributed by atoms with Crippen molar-refractivity contribution in [3.63, 3.8) is 0 Å². The maximum Gasteiger partial charge on any atom is 0.298 e. The number of rotatable bonds is 5. The maximum absolute atomic E-state index is 17.0. The van der Waals surface area contributed by atoms with E-state index in [0.717, 1.165) is 27.4 Å². The average Bonchev–Trinajstić information content (AvgIpc) is 3.61. The summed E-state index contributed by atoms with van der Waals surface area (Å²) in [7, 11) is 0. The molecule has 0 amide bonds. The van der Waals surface area contributed by atoms with Gasteiger partial charge in [-0.3, -0.25) is 4.57 Å². The Bertz CT molecular complexity index is 2180. The zero-order valence-electron chi connectivity index (χ0n) is 29.1. The van der Waals surface area contributed by atoms with Gasteiger partial charge in [0.25, 0.3) is 5.92 Å². The highest BCUT2D eigenvalue weighted by Crippen LogP contribution is 2.45. The number of hydrogen-bond acceptors (Lipinski definition) is 3. The molecule has 45 heavy (non-hydrogen) atoms. The maximum atomic E-state index is 17.0. The zero-order chi connectivity index (χ0) is 34.2. The molecular weight excluding hydrogens is 562 g/mol. The van der Waals surface area contributed by atoms with Gasteiger partial charge in [-0.1, -0.05) is 77.1 Å². The third kappa shape index (κ3) is 4.84. The normalized spacial score (nSPS) is 15.1. The van der Waals surface area contributed by atoms with Gasteiger partial charge in [-0.15, -0.1) is 0 Å². The number of alkyl halides is 2. The Hall–Kier alpha value is -4.71. The fourth-order valence-corrected chi connectivity index (χ4v) is 6.33. The minimum Gasteiger partial charge on any atom is -0.355 e. The topological polar surface area (TPSA) is 24.3 Å². The van der Waals surface area contributed by atoms with Crippen LogP contribution < -0.4 is 9.80 Å². The molecule has 3 heterocycles. The van der Waals surface area contributed by atoms with E-state index >= 15 is 8.78 Å². The summed E-state index contributed by atoms with van der Waals surface area (Å²) in [5.74, 6) is -2.73. The van der Waals surface area contributed by atoms with Gasteiger partial charge in [-0.2, -0.15) is 8.78 Å². The van der Waals surface area contributed by atoms with Gasteiger partial charge < -0.3 is 9.80 Å². The summed E-state index contributed by atoms with van der Waals surface area (Å²) in [6.07, 6.45) is 1.78. The highest BCUT2D eigenvalue weighted by molar-refractivity contribution is 6.09. The molecule has 0 N–H and O–H groups in total. The largest absolute Gasteiger partial charge is 0.355 e. The minimum atomic E-state index is -3.36. The van der Waals surface area contributed by atoms with Crippen molar-refractivity contribution in [1.82, 2.24) is 9.55 Å². The summed E-state index contributed by atoms with van der Waals surface area (Å²) in [6.45, 7) is 7.98. The summed E-state index contributed by atoms with van der Waals surface area (Å²) in [5, 5.41) is 1.82. The van der Waals surface area contributed by atoms with Gasteiger partial charge in [0.15, 0.2) is 0 Å². The van der Waals surface area contributed by atoms with Gasteiger partial charge in [0.05, 0.1) is 29.1 Å². The second-order valence-corrected chi connectivity index (χ2v) is 13.3. The Morgan fingerprint density at radius 2 is 1.49 bits per heavy atom. The molecule has 0 unspecified atom stereocenters. The molecule has 4 nitrogen and oxygen atoms in total. The average molecular weight is 604 g/mol. The van der Waals surface area contributed by atoms with Crippen molar-refractivity contribution in [2.75, 3.05) is 23.4 Å². The first kappa shape index (κ1) is 25.6. The summed E-state index contributed by atoms with van der Waals surface area (Å²) < 4.78 is 60.2. The van der Waals surface area contributed by atoms with Crippen LogP contribution in [-0.4, -0.2) is 23.2 Å². The van der Waals surface area contributed by atoms with Crippen LogP contribution in [0.5, 0.6) is 0 Å². The highest BCUT2D eigenvalue weighted by Gasteiger charge is 2.37. The van der Waals surface area contributed by atoms with Crippen LogP contribution in [0.2, 0.25) is 0 Å². The van der Waals surface area contributed by atoms with Crippen LogP contribution in [-0.2, 0) is 11.3 Å². The molecule has 0 bridgehead atoms. The molecule has 2 aromatic heterocycles. The monoisotopic (exact) mass is 603 g/mol. The number of anilines is 3. The predicted molar refractivity (Wildman–Crippen MR) is 183 cm³/mol. The van der Waals surface area contributed by atoms with Gasteiger partial charge in [0.1, 0.15) is 5.82 Å². The number of aromatic nitrogens is 2. The number of para-hydroxylation sites is 3. The van der Waals surface area contributed by atoms with Crippen molar-refractivity contribution in [3.05, 3.63) is 126 Å². The van der Waals surface area contributed by atoms with E-state index in [1.807, 2.05) is 77.9 Å². The lowest BCUT2D eigenvalue weighted by molar-refractivity contribution is 0.0429. The molecule has 0 fully saturated rings. The van der Waals surface area contributed by atoms with Gasteiger partial charge in [0, 0.05) is 44.9 Å². The molecule has 0 atom stereocenters. The number of fused-ring (bicyclic) bond motifs is 4. The molecule has 228 valence electrons. The van der Waals surface area contributed by atoms with Crippen molar-refractivity contribution in [2.24, 2.45) is 0 Å². The fraction of sp³-hybridized carbons (Fsp3) is 0.256. The summed E-state index contributed by atoms with van der Waals surface area (Å²) in [6, 6.07) is 29.0. The molecule has 0 aliphatic carbocycles. The van der Waals surface area contributed by atoms with E-state index in [4.69, 9.17) is 9.10 Å². The third-order valence-electron chi connectivity index (χ3n) is 8.90. The van der Waals surface area contributed by atoms with Crippen LogP contribution in [0.25, 0.3) is 27.6 Å². The second-order valence-electron chi connectivity index (χ2n) is 13.3.